The second kappa shape index (κ2) is 8.60. The van der Waals surface area contributed by atoms with Crippen LogP contribution >= 0.6 is 11.3 Å². The molecule has 0 fully saturated rings. The summed E-state index contributed by atoms with van der Waals surface area (Å²) in [7, 11) is 1.64. The zero-order valence-corrected chi connectivity index (χ0v) is 17.9. The van der Waals surface area contributed by atoms with E-state index in [1.165, 1.54) is 11.3 Å². The predicted molar refractivity (Wildman–Crippen MR) is 123 cm³/mol. The van der Waals surface area contributed by atoms with Gasteiger partial charge in [0, 0.05) is 35.4 Å². The first-order valence-corrected chi connectivity index (χ1v) is 10.8. The Labute approximate surface area is 187 Å². The Morgan fingerprint density at radius 2 is 2.03 bits per heavy atom. The number of nitrogens with one attached hydrogen (secondary N) is 1. The number of nitrogens with zero attached hydrogens (tertiary/aromatic N) is 3. The standard InChI is InChI=1S/C24H18N4O3S/c1-30-18-7-4-16(5-8-18)24-27-20(14-32-24)22-19-11-17(6-9-21(19)31-28-22)23(29)26-13-15-3-2-10-25-12-15/h2-12,14H,13H2,1H3,(H,26,29). The van der Waals surface area contributed by atoms with Crippen LogP contribution in [0.3, 0.4) is 0 Å². The lowest BCUT2D eigenvalue weighted by atomic mass is 10.1. The van der Waals surface area contributed by atoms with Gasteiger partial charge in [0.1, 0.15) is 22.1 Å². The normalized spacial score (nSPS) is 10.9. The van der Waals surface area contributed by atoms with E-state index in [0.29, 0.717) is 29.1 Å². The second-order valence-electron chi connectivity index (χ2n) is 7.05. The Morgan fingerprint density at radius 3 is 2.81 bits per heavy atom. The van der Waals surface area contributed by atoms with Gasteiger partial charge >= 0.3 is 0 Å². The van der Waals surface area contributed by atoms with E-state index in [1.54, 1.807) is 37.7 Å². The minimum atomic E-state index is -0.180. The topological polar surface area (TPSA) is 90.1 Å². The maximum Gasteiger partial charge on any atom is 0.251 e. The summed E-state index contributed by atoms with van der Waals surface area (Å²) in [5.74, 6) is 0.613. The van der Waals surface area contributed by atoms with Crippen LogP contribution in [0.15, 0.2) is 76.9 Å². The zero-order valence-electron chi connectivity index (χ0n) is 17.1. The highest BCUT2D eigenvalue weighted by atomic mass is 32.1. The van der Waals surface area contributed by atoms with Crippen molar-refractivity contribution in [2.45, 2.75) is 6.54 Å². The molecule has 1 N–H and O–H groups in total. The van der Waals surface area contributed by atoms with E-state index >= 15 is 0 Å². The molecule has 0 saturated heterocycles. The van der Waals surface area contributed by atoms with Crippen molar-refractivity contribution < 1.29 is 14.1 Å². The van der Waals surface area contributed by atoms with Crippen molar-refractivity contribution in [2.75, 3.05) is 7.11 Å². The summed E-state index contributed by atoms with van der Waals surface area (Å²) in [6.45, 7) is 0.401. The van der Waals surface area contributed by atoms with Crippen molar-refractivity contribution in [3.05, 3.63) is 83.5 Å². The van der Waals surface area contributed by atoms with Crippen molar-refractivity contribution in [1.29, 1.82) is 0 Å². The number of pyridine rings is 1. The molecule has 158 valence electrons. The number of benzene rings is 2. The molecule has 5 aromatic rings. The molecule has 7 nitrogen and oxygen atoms in total. The van der Waals surface area contributed by atoms with Gasteiger partial charge in [-0.05, 0) is 54.1 Å². The third kappa shape index (κ3) is 3.95. The third-order valence-corrected chi connectivity index (χ3v) is 5.88. The van der Waals surface area contributed by atoms with Crippen LogP contribution in [0.4, 0.5) is 0 Å². The molecule has 5 rings (SSSR count). The van der Waals surface area contributed by atoms with Crippen LogP contribution in [0.25, 0.3) is 32.9 Å². The molecule has 32 heavy (non-hydrogen) atoms. The van der Waals surface area contributed by atoms with Crippen LogP contribution in [0, 0.1) is 0 Å². The van der Waals surface area contributed by atoms with Crippen LogP contribution in [0.1, 0.15) is 15.9 Å². The van der Waals surface area contributed by atoms with Gasteiger partial charge in [0.15, 0.2) is 5.58 Å². The molecule has 0 atom stereocenters. The summed E-state index contributed by atoms with van der Waals surface area (Å²) >= 11 is 1.52. The van der Waals surface area contributed by atoms with Crippen LogP contribution < -0.4 is 10.1 Å². The summed E-state index contributed by atoms with van der Waals surface area (Å²) in [6, 6.07) is 16.7. The van der Waals surface area contributed by atoms with Crippen molar-refractivity contribution in [3.8, 4) is 27.7 Å². The van der Waals surface area contributed by atoms with Crippen LogP contribution in [0.5, 0.6) is 5.75 Å². The lowest BCUT2D eigenvalue weighted by molar-refractivity contribution is 0.0951. The number of carbonyl (C=O) groups excluding carboxylic acids is 1. The van der Waals surface area contributed by atoms with Crippen molar-refractivity contribution in [1.82, 2.24) is 20.4 Å². The van der Waals surface area contributed by atoms with E-state index in [4.69, 9.17) is 14.2 Å². The monoisotopic (exact) mass is 442 g/mol. The van der Waals surface area contributed by atoms with Gasteiger partial charge in [-0.2, -0.15) is 0 Å². The Balaban J connectivity index is 1.40. The highest BCUT2D eigenvalue weighted by Gasteiger charge is 2.17. The highest BCUT2D eigenvalue weighted by molar-refractivity contribution is 7.13. The second-order valence-corrected chi connectivity index (χ2v) is 7.91. The first kappa shape index (κ1) is 19.9. The van der Waals surface area contributed by atoms with Crippen LogP contribution in [-0.4, -0.2) is 28.1 Å². The molecule has 0 aliphatic heterocycles. The summed E-state index contributed by atoms with van der Waals surface area (Å²) in [5.41, 5.74) is 4.36. The molecule has 0 unspecified atom stereocenters. The molecule has 3 heterocycles. The lowest BCUT2D eigenvalue weighted by Gasteiger charge is -2.05. The number of hydrogen-bond donors (Lipinski definition) is 1. The van der Waals surface area contributed by atoms with Gasteiger partial charge in [0.05, 0.1) is 12.5 Å². The van der Waals surface area contributed by atoms with Gasteiger partial charge in [-0.15, -0.1) is 11.3 Å². The molecule has 1 amide bonds. The minimum absolute atomic E-state index is 0.180. The van der Waals surface area contributed by atoms with Crippen molar-refractivity contribution >= 4 is 28.2 Å². The van der Waals surface area contributed by atoms with Gasteiger partial charge in [0.2, 0.25) is 0 Å². The van der Waals surface area contributed by atoms with Gasteiger partial charge in [-0.3, -0.25) is 9.78 Å². The number of fused-ring (bicyclic) bond motifs is 1. The summed E-state index contributed by atoms with van der Waals surface area (Å²) in [4.78, 5) is 21.5. The molecule has 0 aliphatic rings. The Morgan fingerprint density at radius 1 is 1.16 bits per heavy atom. The number of ether oxygens (including phenoxy) is 1. The van der Waals surface area contributed by atoms with Crippen LogP contribution in [-0.2, 0) is 6.54 Å². The molecule has 2 aromatic carbocycles. The van der Waals surface area contributed by atoms with E-state index < -0.39 is 0 Å². The Hall–Kier alpha value is -4.04. The summed E-state index contributed by atoms with van der Waals surface area (Å²) < 4.78 is 10.7. The number of carbonyl (C=O) groups is 1. The number of hydrogen-bond acceptors (Lipinski definition) is 7. The van der Waals surface area contributed by atoms with Gasteiger partial charge < -0.3 is 14.6 Å². The van der Waals surface area contributed by atoms with E-state index in [0.717, 1.165) is 27.3 Å². The first-order valence-electron chi connectivity index (χ1n) is 9.88. The number of amides is 1. The SMILES string of the molecule is COc1ccc(-c2nc(-c3noc4ccc(C(=O)NCc5cccnc5)cc34)cs2)cc1. The number of thiazole rings is 1. The van der Waals surface area contributed by atoms with E-state index in [9.17, 15) is 4.79 Å². The Kier molecular flexibility index (Phi) is 5.35. The molecule has 0 bridgehead atoms. The maximum atomic E-state index is 12.7. The average Bonchev–Trinajstić information content (AvgIpc) is 3.50. The summed E-state index contributed by atoms with van der Waals surface area (Å²) in [6.07, 6.45) is 3.43. The maximum absolute atomic E-state index is 12.7. The van der Waals surface area contributed by atoms with Crippen molar-refractivity contribution in [2.24, 2.45) is 0 Å². The molecule has 0 radical (unpaired) electrons. The predicted octanol–water partition coefficient (Wildman–Crippen LogP) is 4.95. The third-order valence-electron chi connectivity index (χ3n) is 4.99. The van der Waals surface area contributed by atoms with Gasteiger partial charge in [-0.1, -0.05) is 11.2 Å². The van der Waals surface area contributed by atoms with Gasteiger partial charge in [0.25, 0.3) is 5.91 Å². The fraction of sp³-hybridized carbons (Fsp3) is 0.0833. The van der Waals surface area contributed by atoms with Crippen molar-refractivity contribution in [3.63, 3.8) is 0 Å². The van der Waals surface area contributed by atoms with E-state index in [2.05, 4.69) is 15.5 Å². The Bertz CT molecular complexity index is 1380. The summed E-state index contributed by atoms with van der Waals surface area (Å²) in [5, 5.41) is 10.7. The largest absolute Gasteiger partial charge is 0.497 e. The number of rotatable bonds is 6. The van der Waals surface area contributed by atoms with Crippen LogP contribution in [0.2, 0.25) is 0 Å². The lowest BCUT2D eigenvalue weighted by Crippen LogP contribution is -2.22. The average molecular weight is 443 g/mol. The zero-order chi connectivity index (χ0) is 21.9. The van der Waals surface area contributed by atoms with Gasteiger partial charge in [-0.25, -0.2) is 4.98 Å². The molecule has 0 saturated carbocycles. The smallest absolute Gasteiger partial charge is 0.251 e. The first-order chi connectivity index (χ1) is 15.7. The molecule has 0 spiro atoms. The fourth-order valence-corrected chi connectivity index (χ4v) is 4.11. The fourth-order valence-electron chi connectivity index (χ4n) is 3.30. The van der Waals surface area contributed by atoms with E-state index in [-0.39, 0.29) is 5.91 Å². The molecule has 8 heteroatoms. The quantitative estimate of drug-likeness (QED) is 0.400. The van der Waals surface area contributed by atoms with E-state index in [1.807, 2.05) is 41.8 Å². The number of methoxy groups -OCH3 is 1. The number of aromatic nitrogens is 3. The molecular formula is C24H18N4O3S. The molecular weight excluding hydrogens is 424 g/mol. The molecule has 0 aliphatic carbocycles. The highest BCUT2D eigenvalue weighted by Crippen LogP contribution is 2.33. The molecule has 3 aromatic heterocycles. The minimum Gasteiger partial charge on any atom is -0.497 e.